The van der Waals surface area contributed by atoms with Gasteiger partial charge in [-0.3, -0.25) is 4.90 Å². The molecule has 6 heteroatoms. The number of ether oxygens (including phenoxy) is 1. The number of guanidine groups is 1. The Bertz CT molecular complexity index is 775. The van der Waals surface area contributed by atoms with Crippen molar-refractivity contribution in [2.45, 2.75) is 19.5 Å². The van der Waals surface area contributed by atoms with E-state index >= 15 is 0 Å². The summed E-state index contributed by atoms with van der Waals surface area (Å²) in [6.45, 7) is 6.19. The maximum absolute atomic E-state index is 6.03. The molecule has 0 saturated carbocycles. The van der Waals surface area contributed by atoms with E-state index in [-0.39, 0.29) is 0 Å². The van der Waals surface area contributed by atoms with Crippen molar-refractivity contribution in [2.24, 2.45) is 10.7 Å². The highest BCUT2D eigenvalue weighted by Crippen LogP contribution is 2.22. The van der Waals surface area contributed by atoms with Gasteiger partial charge in [-0.25, -0.2) is 4.99 Å². The highest BCUT2D eigenvalue weighted by atomic mass is 16.5. The molecular weight excluding hydrogens is 350 g/mol. The molecule has 1 heterocycles. The van der Waals surface area contributed by atoms with E-state index in [2.05, 4.69) is 51.4 Å². The second-order valence-corrected chi connectivity index (χ2v) is 7.28. The van der Waals surface area contributed by atoms with E-state index in [1.165, 1.54) is 25.1 Å². The first kappa shape index (κ1) is 20.2. The maximum atomic E-state index is 6.03. The summed E-state index contributed by atoms with van der Waals surface area (Å²) in [5.41, 5.74) is 9.33. The third-order valence-corrected chi connectivity index (χ3v) is 5.04. The van der Waals surface area contributed by atoms with Crippen molar-refractivity contribution in [2.75, 3.05) is 45.7 Å². The van der Waals surface area contributed by atoms with Gasteiger partial charge in [-0.05, 0) is 49.8 Å². The van der Waals surface area contributed by atoms with E-state index in [9.17, 15) is 0 Å². The third kappa shape index (κ3) is 5.97. The predicted octanol–water partition coefficient (Wildman–Crippen LogP) is 2.76. The van der Waals surface area contributed by atoms with Crippen LogP contribution in [0.15, 0.2) is 53.5 Å². The predicted molar refractivity (Wildman–Crippen MR) is 116 cm³/mol. The number of nitrogens with one attached hydrogen (secondary N) is 1. The Morgan fingerprint density at radius 3 is 2.57 bits per heavy atom. The lowest BCUT2D eigenvalue weighted by Crippen LogP contribution is -2.28. The molecule has 3 N–H and O–H groups in total. The number of nitrogens with zero attached hydrogens (tertiary/aromatic N) is 3. The largest absolute Gasteiger partial charge is 0.495 e. The molecule has 6 nitrogen and oxygen atoms in total. The van der Waals surface area contributed by atoms with Crippen LogP contribution < -0.4 is 15.8 Å². The normalized spacial score (nSPS) is 16.6. The topological polar surface area (TPSA) is 66.1 Å². The first-order valence-electron chi connectivity index (χ1n) is 9.83. The van der Waals surface area contributed by atoms with Gasteiger partial charge >= 0.3 is 0 Å². The number of para-hydroxylation sites is 2. The smallest absolute Gasteiger partial charge is 0.193 e. The fourth-order valence-electron chi connectivity index (χ4n) is 3.37. The lowest BCUT2D eigenvalue weighted by molar-refractivity contribution is 0.269. The number of methoxy groups -OCH3 is 1. The van der Waals surface area contributed by atoms with Crippen molar-refractivity contribution in [1.82, 2.24) is 9.80 Å². The lowest BCUT2D eigenvalue weighted by atomic mass is 10.1. The summed E-state index contributed by atoms with van der Waals surface area (Å²) in [4.78, 5) is 9.38. The zero-order valence-electron chi connectivity index (χ0n) is 16.9. The van der Waals surface area contributed by atoms with Gasteiger partial charge in [0.15, 0.2) is 5.96 Å². The van der Waals surface area contributed by atoms with Crippen LogP contribution in [0.5, 0.6) is 5.75 Å². The summed E-state index contributed by atoms with van der Waals surface area (Å²) in [6.07, 6.45) is 1.24. The molecule has 28 heavy (non-hydrogen) atoms. The van der Waals surface area contributed by atoms with Crippen molar-refractivity contribution >= 4 is 11.6 Å². The Hall–Kier alpha value is -2.57. The Balaban J connectivity index is 1.53. The van der Waals surface area contributed by atoms with Gasteiger partial charge < -0.3 is 20.7 Å². The summed E-state index contributed by atoms with van der Waals surface area (Å²) >= 11 is 0. The van der Waals surface area contributed by atoms with Crippen molar-refractivity contribution < 1.29 is 4.74 Å². The van der Waals surface area contributed by atoms with E-state index in [1.807, 2.05) is 24.3 Å². The summed E-state index contributed by atoms with van der Waals surface area (Å²) in [5, 5.41) is 3.10. The van der Waals surface area contributed by atoms with Crippen LogP contribution in [0, 0.1) is 0 Å². The van der Waals surface area contributed by atoms with E-state index < -0.39 is 0 Å². The number of likely N-dealkylation sites (N-methyl/N-ethyl adjacent to an activating group) is 1. The lowest BCUT2D eigenvalue weighted by Gasteiger charge is -2.20. The average Bonchev–Trinajstić information content (AvgIpc) is 2.92. The molecule has 2 aromatic carbocycles. The molecule has 0 amide bonds. The summed E-state index contributed by atoms with van der Waals surface area (Å²) < 4.78 is 5.32. The molecule has 0 unspecified atom stereocenters. The molecule has 0 bridgehead atoms. The van der Waals surface area contributed by atoms with Gasteiger partial charge in [0.1, 0.15) is 5.75 Å². The fraction of sp³-hybridized carbons (Fsp3) is 0.409. The van der Waals surface area contributed by atoms with Crippen LogP contribution in [0.4, 0.5) is 5.69 Å². The number of rotatable bonds is 6. The minimum absolute atomic E-state index is 0.377. The van der Waals surface area contributed by atoms with Crippen molar-refractivity contribution in [3.05, 3.63) is 59.7 Å². The quantitative estimate of drug-likeness (QED) is 0.595. The van der Waals surface area contributed by atoms with Crippen LogP contribution in [0.25, 0.3) is 0 Å². The SMILES string of the molecule is COc1ccccc1NC(N)=NCc1ccc(CN2CCCN(C)CC2)cc1. The van der Waals surface area contributed by atoms with Gasteiger partial charge in [-0.1, -0.05) is 36.4 Å². The zero-order valence-corrected chi connectivity index (χ0v) is 16.9. The summed E-state index contributed by atoms with van der Waals surface area (Å²) in [5.74, 6) is 1.12. The molecule has 1 fully saturated rings. The van der Waals surface area contributed by atoms with Gasteiger partial charge in [0.2, 0.25) is 0 Å². The number of anilines is 1. The summed E-state index contributed by atoms with van der Waals surface area (Å²) in [7, 11) is 3.84. The number of nitrogens with two attached hydrogens (primary N) is 1. The van der Waals surface area contributed by atoms with E-state index in [1.54, 1.807) is 7.11 Å². The highest BCUT2D eigenvalue weighted by Gasteiger charge is 2.12. The third-order valence-electron chi connectivity index (χ3n) is 5.04. The number of hydrogen-bond acceptors (Lipinski definition) is 4. The van der Waals surface area contributed by atoms with E-state index in [0.29, 0.717) is 12.5 Å². The van der Waals surface area contributed by atoms with Crippen LogP contribution >= 0.6 is 0 Å². The second-order valence-electron chi connectivity index (χ2n) is 7.28. The minimum atomic E-state index is 0.377. The second kappa shape index (κ2) is 10.1. The van der Waals surface area contributed by atoms with Crippen LogP contribution in [-0.4, -0.2) is 56.1 Å². The first-order valence-corrected chi connectivity index (χ1v) is 9.83. The minimum Gasteiger partial charge on any atom is -0.495 e. The summed E-state index contributed by atoms with van der Waals surface area (Å²) in [6, 6.07) is 16.3. The molecule has 0 aromatic heterocycles. The van der Waals surface area contributed by atoms with E-state index in [4.69, 9.17) is 10.5 Å². The van der Waals surface area contributed by atoms with Gasteiger partial charge in [0.05, 0.1) is 19.3 Å². The van der Waals surface area contributed by atoms with Crippen LogP contribution in [-0.2, 0) is 13.1 Å². The van der Waals surface area contributed by atoms with Crippen LogP contribution in [0.1, 0.15) is 17.5 Å². The number of aliphatic imine (C=N–C) groups is 1. The van der Waals surface area contributed by atoms with Crippen LogP contribution in [0.2, 0.25) is 0 Å². The molecular formula is C22H31N5O. The molecule has 0 spiro atoms. The number of hydrogen-bond donors (Lipinski definition) is 2. The van der Waals surface area contributed by atoms with Gasteiger partial charge in [-0.15, -0.1) is 0 Å². The standard InChI is InChI=1S/C22H31N5O/c1-26-12-5-13-27(15-14-26)17-19-10-8-18(9-11-19)16-24-22(23)25-20-6-3-4-7-21(20)28-2/h3-4,6-11H,5,12-17H2,1-2H3,(H3,23,24,25). The molecule has 2 aromatic rings. The Morgan fingerprint density at radius 1 is 1.04 bits per heavy atom. The molecule has 3 rings (SSSR count). The van der Waals surface area contributed by atoms with Crippen molar-refractivity contribution in [3.8, 4) is 5.75 Å². The van der Waals surface area contributed by atoms with Crippen molar-refractivity contribution in [3.63, 3.8) is 0 Å². The zero-order chi connectivity index (χ0) is 19.8. The molecule has 1 aliphatic rings. The Morgan fingerprint density at radius 2 is 1.79 bits per heavy atom. The van der Waals surface area contributed by atoms with E-state index in [0.717, 1.165) is 36.6 Å². The van der Waals surface area contributed by atoms with Gasteiger partial charge in [0.25, 0.3) is 0 Å². The molecule has 150 valence electrons. The molecule has 1 aliphatic heterocycles. The molecule has 1 saturated heterocycles. The Kier molecular flexibility index (Phi) is 7.28. The van der Waals surface area contributed by atoms with Crippen molar-refractivity contribution in [1.29, 1.82) is 0 Å². The molecule has 0 atom stereocenters. The van der Waals surface area contributed by atoms with Gasteiger partial charge in [-0.2, -0.15) is 0 Å². The maximum Gasteiger partial charge on any atom is 0.193 e. The monoisotopic (exact) mass is 381 g/mol. The Labute approximate surface area is 168 Å². The van der Waals surface area contributed by atoms with Crippen LogP contribution in [0.3, 0.4) is 0 Å². The molecule has 0 radical (unpaired) electrons. The van der Waals surface area contributed by atoms with Gasteiger partial charge in [0, 0.05) is 19.6 Å². The molecule has 0 aliphatic carbocycles. The first-order chi connectivity index (χ1) is 13.6. The fourth-order valence-corrected chi connectivity index (χ4v) is 3.37. The highest BCUT2D eigenvalue weighted by molar-refractivity contribution is 5.93. The number of benzene rings is 2. The average molecular weight is 382 g/mol.